The standard InChI is InChI=1S/C20H23N5OS2/c1-13-8-14(2)11-25(10-13)12-18(26)23-17-9-15(20-21-5-7-28-20)22-19(24-17)16-4-3-6-27-16/h3-7,9,13-14H,8,10-12H2,1-2H3,(H,22,23,24,26). The summed E-state index contributed by atoms with van der Waals surface area (Å²) in [5.74, 6) is 2.34. The summed E-state index contributed by atoms with van der Waals surface area (Å²) in [6, 6.07) is 5.75. The van der Waals surface area contributed by atoms with Crippen molar-refractivity contribution in [3.05, 3.63) is 35.2 Å². The molecule has 1 aliphatic heterocycles. The highest BCUT2D eigenvalue weighted by atomic mass is 32.1. The van der Waals surface area contributed by atoms with Crippen molar-refractivity contribution in [1.29, 1.82) is 0 Å². The van der Waals surface area contributed by atoms with Gasteiger partial charge in [0.15, 0.2) is 5.82 Å². The van der Waals surface area contributed by atoms with Gasteiger partial charge in [0.1, 0.15) is 16.5 Å². The maximum Gasteiger partial charge on any atom is 0.239 e. The fourth-order valence-corrected chi connectivity index (χ4v) is 5.05. The van der Waals surface area contributed by atoms with E-state index in [9.17, 15) is 4.79 Å². The number of nitrogens with zero attached hydrogens (tertiary/aromatic N) is 4. The molecule has 6 nitrogen and oxygen atoms in total. The number of rotatable bonds is 5. The van der Waals surface area contributed by atoms with Crippen molar-refractivity contribution in [2.75, 3.05) is 25.0 Å². The number of piperidine rings is 1. The van der Waals surface area contributed by atoms with Crippen LogP contribution in [0.25, 0.3) is 21.4 Å². The molecule has 4 heterocycles. The summed E-state index contributed by atoms with van der Waals surface area (Å²) in [5.41, 5.74) is 0.726. The second-order valence-electron chi connectivity index (χ2n) is 7.46. The van der Waals surface area contributed by atoms with Crippen LogP contribution in [0.4, 0.5) is 5.82 Å². The Labute approximate surface area is 172 Å². The van der Waals surface area contributed by atoms with Crippen LogP contribution in [-0.4, -0.2) is 45.4 Å². The Hall–Kier alpha value is -2.16. The van der Waals surface area contributed by atoms with Gasteiger partial charge in [-0.2, -0.15) is 0 Å². The lowest BCUT2D eigenvalue weighted by Gasteiger charge is -2.34. The van der Waals surface area contributed by atoms with Crippen LogP contribution < -0.4 is 5.32 Å². The van der Waals surface area contributed by atoms with Crippen molar-refractivity contribution in [2.45, 2.75) is 20.3 Å². The first kappa shape index (κ1) is 19.2. The van der Waals surface area contributed by atoms with Gasteiger partial charge in [0.25, 0.3) is 0 Å². The Morgan fingerprint density at radius 1 is 1.21 bits per heavy atom. The quantitative estimate of drug-likeness (QED) is 0.677. The van der Waals surface area contributed by atoms with Crippen molar-refractivity contribution in [3.8, 4) is 21.4 Å². The molecule has 0 radical (unpaired) electrons. The number of hydrogen-bond donors (Lipinski definition) is 1. The fraction of sp³-hybridized carbons (Fsp3) is 0.400. The topological polar surface area (TPSA) is 71.0 Å². The predicted molar refractivity (Wildman–Crippen MR) is 114 cm³/mol. The number of carbonyl (C=O) groups is 1. The highest BCUT2D eigenvalue weighted by molar-refractivity contribution is 7.13. The Bertz CT molecular complexity index is 864. The van der Waals surface area contributed by atoms with Crippen molar-refractivity contribution >= 4 is 34.4 Å². The zero-order chi connectivity index (χ0) is 19.5. The highest BCUT2D eigenvalue weighted by Crippen LogP contribution is 2.28. The van der Waals surface area contributed by atoms with Gasteiger partial charge in [-0.05, 0) is 29.7 Å². The Balaban J connectivity index is 1.54. The molecule has 3 aromatic rings. The number of likely N-dealkylation sites (tertiary alicyclic amines) is 1. The third kappa shape index (κ3) is 4.63. The van der Waals surface area contributed by atoms with E-state index < -0.39 is 0 Å². The van der Waals surface area contributed by atoms with Gasteiger partial charge in [-0.1, -0.05) is 19.9 Å². The molecule has 0 aromatic carbocycles. The molecule has 0 bridgehead atoms. The van der Waals surface area contributed by atoms with E-state index in [1.165, 1.54) is 17.8 Å². The number of anilines is 1. The van der Waals surface area contributed by atoms with Gasteiger partial charge in [-0.25, -0.2) is 15.0 Å². The lowest BCUT2D eigenvalue weighted by molar-refractivity contribution is -0.117. The average Bonchev–Trinajstić information content (AvgIpc) is 3.34. The molecule has 1 saturated heterocycles. The molecule has 2 unspecified atom stereocenters. The lowest BCUT2D eigenvalue weighted by Crippen LogP contribution is -2.42. The number of hydrogen-bond acceptors (Lipinski definition) is 7. The van der Waals surface area contributed by atoms with Crippen LogP contribution in [0.2, 0.25) is 0 Å². The van der Waals surface area contributed by atoms with Crippen molar-refractivity contribution in [2.24, 2.45) is 11.8 Å². The van der Waals surface area contributed by atoms with E-state index in [-0.39, 0.29) is 5.91 Å². The van der Waals surface area contributed by atoms with Crippen LogP contribution in [0.15, 0.2) is 35.2 Å². The third-order valence-electron chi connectivity index (χ3n) is 4.70. The molecule has 1 aliphatic rings. The summed E-state index contributed by atoms with van der Waals surface area (Å²) >= 11 is 3.10. The highest BCUT2D eigenvalue weighted by Gasteiger charge is 2.23. The van der Waals surface area contributed by atoms with Crippen molar-refractivity contribution in [3.63, 3.8) is 0 Å². The summed E-state index contributed by atoms with van der Waals surface area (Å²) in [6.07, 6.45) is 2.98. The smallest absolute Gasteiger partial charge is 0.239 e. The maximum atomic E-state index is 12.7. The van der Waals surface area contributed by atoms with E-state index in [0.29, 0.717) is 30.0 Å². The van der Waals surface area contributed by atoms with Gasteiger partial charge in [0, 0.05) is 30.7 Å². The molecule has 28 heavy (non-hydrogen) atoms. The molecule has 0 saturated carbocycles. The van der Waals surface area contributed by atoms with Crippen molar-refractivity contribution < 1.29 is 4.79 Å². The van der Waals surface area contributed by atoms with Gasteiger partial charge in [-0.15, -0.1) is 22.7 Å². The van der Waals surface area contributed by atoms with Crippen LogP contribution in [0.1, 0.15) is 20.3 Å². The zero-order valence-corrected chi connectivity index (χ0v) is 17.6. The van der Waals surface area contributed by atoms with Crippen molar-refractivity contribution in [1.82, 2.24) is 19.9 Å². The van der Waals surface area contributed by atoms with Crippen LogP contribution in [0.3, 0.4) is 0 Å². The molecule has 3 aromatic heterocycles. The van der Waals surface area contributed by atoms with Gasteiger partial charge in [0.2, 0.25) is 5.91 Å². The molecule has 146 valence electrons. The number of amides is 1. The van der Waals surface area contributed by atoms with E-state index in [1.54, 1.807) is 23.6 Å². The first-order valence-electron chi connectivity index (χ1n) is 9.42. The average molecular weight is 414 g/mol. The molecule has 4 rings (SSSR count). The minimum Gasteiger partial charge on any atom is -0.309 e. The predicted octanol–water partition coefficient (Wildman–Crippen LogP) is 4.25. The second kappa shape index (κ2) is 8.46. The van der Waals surface area contributed by atoms with Crippen LogP contribution in [0, 0.1) is 11.8 Å². The molecule has 1 amide bonds. The SMILES string of the molecule is CC1CC(C)CN(CC(=O)Nc2cc(-c3nccs3)nc(-c3cccs3)n2)C1. The molecular weight excluding hydrogens is 390 g/mol. The van der Waals surface area contributed by atoms with E-state index in [0.717, 1.165) is 28.7 Å². The monoisotopic (exact) mass is 413 g/mol. The largest absolute Gasteiger partial charge is 0.309 e. The summed E-state index contributed by atoms with van der Waals surface area (Å²) < 4.78 is 0. The first-order valence-corrected chi connectivity index (χ1v) is 11.2. The Morgan fingerprint density at radius 3 is 2.71 bits per heavy atom. The van der Waals surface area contributed by atoms with E-state index in [2.05, 4.69) is 39.0 Å². The maximum absolute atomic E-state index is 12.7. The van der Waals surface area contributed by atoms with Gasteiger partial charge < -0.3 is 5.32 Å². The molecule has 0 aliphatic carbocycles. The molecule has 8 heteroatoms. The Morgan fingerprint density at radius 2 is 2.04 bits per heavy atom. The number of carbonyl (C=O) groups excluding carboxylic acids is 1. The summed E-state index contributed by atoms with van der Waals surface area (Å²) in [4.78, 5) is 29.4. The van der Waals surface area contributed by atoms with Gasteiger partial charge in [-0.3, -0.25) is 9.69 Å². The number of aromatic nitrogens is 3. The minimum absolute atomic E-state index is 0.0396. The second-order valence-corrected chi connectivity index (χ2v) is 9.31. The lowest BCUT2D eigenvalue weighted by atomic mass is 9.92. The number of thiazole rings is 1. The van der Waals surface area contributed by atoms with Crippen LogP contribution in [-0.2, 0) is 4.79 Å². The molecule has 1 fully saturated rings. The summed E-state index contributed by atoms with van der Waals surface area (Å²) in [5, 5.41) is 7.70. The van der Waals surface area contributed by atoms with Crippen LogP contribution >= 0.6 is 22.7 Å². The molecule has 2 atom stereocenters. The number of nitrogens with one attached hydrogen (secondary N) is 1. The first-order chi connectivity index (χ1) is 13.6. The zero-order valence-electron chi connectivity index (χ0n) is 16.0. The third-order valence-corrected chi connectivity index (χ3v) is 6.36. The van der Waals surface area contributed by atoms with E-state index in [1.807, 2.05) is 22.9 Å². The number of thiophene rings is 1. The summed E-state index contributed by atoms with van der Waals surface area (Å²) in [6.45, 7) is 6.81. The Kier molecular flexibility index (Phi) is 5.79. The molecule has 1 N–H and O–H groups in total. The molecular formula is C20H23N5OS2. The normalized spacial score (nSPS) is 20.2. The fourth-order valence-electron chi connectivity index (χ4n) is 3.79. The van der Waals surface area contributed by atoms with E-state index >= 15 is 0 Å². The van der Waals surface area contributed by atoms with Gasteiger partial charge in [0.05, 0.1) is 11.4 Å². The van der Waals surface area contributed by atoms with E-state index in [4.69, 9.17) is 0 Å². The molecule has 0 spiro atoms. The minimum atomic E-state index is -0.0396. The van der Waals surface area contributed by atoms with Crippen LogP contribution in [0.5, 0.6) is 0 Å². The summed E-state index contributed by atoms with van der Waals surface area (Å²) in [7, 11) is 0. The van der Waals surface area contributed by atoms with Gasteiger partial charge >= 0.3 is 0 Å².